The number of benzene rings is 2. The predicted molar refractivity (Wildman–Crippen MR) is 141 cm³/mol. The Kier molecular flexibility index (Phi) is 8.88. The molecule has 0 bridgehead atoms. The lowest BCUT2D eigenvalue weighted by Crippen LogP contribution is -2.36. The fourth-order valence-electron chi connectivity index (χ4n) is 3.93. The first-order valence-corrected chi connectivity index (χ1v) is 12.1. The molecule has 0 atom stereocenters. The molecule has 0 radical (unpaired) electrons. The third-order valence-electron chi connectivity index (χ3n) is 5.83. The van der Waals surface area contributed by atoms with E-state index >= 15 is 0 Å². The van der Waals surface area contributed by atoms with Crippen molar-refractivity contribution in [1.29, 1.82) is 0 Å². The number of esters is 1. The molecule has 1 fully saturated rings. The summed E-state index contributed by atoms with van der Waals surface area (Å²) in [7, 11) is 1.38. The van der Waals surface area contributed by atoms with Gasteiger partial charge in [-0.15, -0.1) is 0 Å². The number of pyridine rings is 1. The van der Waals surface area contributed by atoms with Crippen LogP contribution >= 0.6 is 0 Å². The van der Waals surface area contributed by atoms with E-state index in [0.29, 0.717) is 37.1 Å². The zero-order chi connectivity index (χ0) is 25.2. The standard InChI is InChI=1S/C28H32N4O4/c1-21-5-3-6-23(17-21)20-29-31-26-18-25(32-12-15-35-16-13-32)19-27(30-26)36-14-4-7-22-8-10-24(11-9-22)28(33)34-2/h3,5-6,8-11,17-20H,4,7,12-16H2,1-2H3,(H,30,31)/b29-20+. The van der Waals surface area contributed by atoms with Crippen LogP contribution in [0.1, 0.15) is 33.5 Å². The van der Waals surface area contributed by atoms with Crippen LogP contribution in [0, 0.1) is 6.92 Å². The van der Waals surface area contributed by atoms with Crippen LogP contribution in [0.15, 0.2) is 65.8 Å². The number of morpholine rings is 1. The number of anilines is 2. The third kappa shape index (κ3) is 7.29. The highest BCUT2D eigenvalue weighted by atomic mass is 16.5. The molecule has 0 unspecified atom stereocenters. The lowest BCUT2D eigenvalue weighted by molar-refractivity contribution is 0.0600. The highest BCUT2D eigenvalue weighted by Crippen LogP contribution is 2.25. The minimum absolute atomic E-state index is 0.330. The Bertz CT molecular complexity index is 1170. The van der Waals surface area contributed by atoms with Gasteiger partial charge in [0.1, 0.15) is 0 Å². The van der Waals surface area contributed by atoms with Gasteiger partial charge in [-0.3, -0.25) is 5.43 Å². The van der Waals surface area contributed by atoms with Crippen molar-refractivity contribution in [3.63, 3.8) is 0 Å². The number of hydrogen-bond acceptors (Lipinski definition) is 8. The van der Waals surface area contributed by atoms with E-state index in [0.717, 1.165) is 42.7 Å². The van der Waals surface area contributed by atoms with E-state index in [-0.39, 0.29) is 5.97 Å². The van der Waals surface area contributed by atoms with Gasteiger partial charge < -0.3 is 19.1 Å². The van der Waals surface area contributed by atoms with Crippen LogP contribution in [0.2, 0.25) is 0 Å². The molecule has 1 aliphatic rings. The quantitative estimate of drug-likeness (QED) is 0.195. The van der Waals surface area contributed by atoms with E-state index in [2.05, 4.69) is 39.5 Å². The summed E-state index contributed by atoms with van der Waals surface area (Å²) >= 11 is 0. The van der Waals surface area contributed by atoms with Crippen molar-refractivity contribution in [3.8, 4) is 5.88 Å². The number of aromatic nitrogens is 1. The SMILES string of the molecule is COC(=O)c1ccc(CCCOc2cc(N3CCOCC3)cc(N/N=C/c3cccc(C)c3)n2)cc1. The summed E-state index contributed by atoms with van der Waals surface area (Å²) in [6.45, 7) is 5.60. The molecule has 0 saturated carbocycles. The zero-order valence-electron chi connectivity index (χ0n) is 20.8. The Labute approximate surface area is 211 Å². The van der Waals surface area contributed by atoms with E-state index in [9.17, 15) is 4.79 Å². The topological polar surface area (TPSA) is 85.3 Å². The Hall–Kier alpha value is -3.91. The van der Waals surface area contributed by atoms with Crippen molar-refractivity contribution in [2.24, 2.45) is 5.10 Å². The molecular weight excluding hydrogens is 456 g/mol. The molecule has 188 valence electrons. The summed E-state index contributed by atoms with van der Waals surface area (Å²) in [5.74, 6) is 0.841. The van der Waals surface area contributed by atoms with Gasteiger partial charge in [0.25, 0.3) is 0 Å². The Morgan fingerprint density at radius 2 is 1.94 bits per heavy atom. The van der Waals surface area contributed by atoms with Crippen LogP contribution < -0.4 is 15.1 Å². The van der Waals surface area contributed by atoms with Crippen LogP contribution in [0.5, 0.6) is 5.88 Å². The van der Waals surface area contributed by atoms with E-state index < -0.39 is 0 Å². The fraction of sp³-hybridized carbons (Fsp3) is 0.321. The summed E-state index contributed by atoms with van der Waals surface area (Å²) in [6, 6.07) is 19.5. The molecule has 0 spiro atoms. The van der Waals surface area contributed by atoms with Gasteiger partial charge in [0.2, 0.25) is 5.88 Å². The van der Waals surface area contributed by atoms with Crippen molar-refractivity contribution in [3.05, 3.63) is 82.9 Å². The van der Waals surface area contributed by atoms with Gasteiger partial charge in [-0.2, -0.15) is 10.1 Å². The molecule has 1 N–H and O–H groups in total. The van der Waals surface area contributed by atoms with E-state index in [1.54, 1.807) is 18.3 Å². The van der Waals surface area contributed by atoms with Gasteiger partial charge in [-0.1, -0.05) is 42.0 Å². The number of carbonyl (C=O) groups is 1. The number of nitrogens with zero attached hydrogens (tertiary/aromatic N) is 3. The van der Waals surface area contributed by atoms with Crippen LogP contribution in [0.25, 0.3) is 0 Å². The lowest BCUT2D eigenvalue weighted by Gasteiger charge is -2.29. The fourth-order valence-corrected chi connectivity index (χ4v) is 3.93. The van der Waals surface area contributed by atoms with Crippen molar-refractivity contribution < 1.29 is 19.0 Å². The van der Waals surface area contributed by atoms with Gasteiger partial charge in [0, 0.05) is 30.9 Å². The van der Waals surface area contributed by atoms with Gasteiger partial charge in [-0.25, -0.2) is 4.79 Å². The van der Waals surface area contributed by atoms with Gasteiger partial charge in [0.15, 0.2) is 5.82 Å². The number of hydrogen-bond donors (Lipinski definition) is 1. The first-order chi connectivity index (χ1) is 17.6. The normalized spacial score (nSPS) is 13.6. The number of carbonyl (C=O) groups excluding carboxylic acids is 1. The summed E-state index contributed by atoms with van der Waals surface area (Å²) in [4.78, 5) is 18.5. The second kappa shape index (κ2) is 12.7. The highest BCUT2D eigenvalue weighted by Gasteiger charge is 2.14. The van der Waals surface area contributed by atoms with Crippen molar-refractivity contribution in [2.45, 2.75) is 19.8 Å². The second-order valence-corrected chi connectivity index (χ2v) is 8.57. The minimum atomic E-state index is -0.330. The van der Waals surface area contributed by atoms with Crippen molar-refractivity contribution in [2.75, 3.05) is 50.3 Å². The molecule has 3 aromatic rings. The number of nitrogens with one attached hydrogen (secondary N) is 1. The highest BCUT2D eigenvalue weighted by molar-refractivity contribution is 5.89. The van der Waals surface area contributed by atoms with Crippen LogP contribution in [0.4, 0.5) is 11.5 Å². The largest absolute Gasteiger partial charge is 0.478 e. The molecule has 8 nitrogen and oxygen atoms in total. The van der Waals surface area contributed by atoms with E-state index in [4.69, 9.17) is 14.2 Å². The number of ether oxygens (including phenoxy) is 3. The summed E-state index contributed by atoms with van der Waals surface area (Å²) in [5, 5.41) is 4.37. The van der Waals surface area contributed by atoms with Gasteiger partial charge in [0.05, 0.1) is 38.7 Å². The van der Waals surface area contributed by atoms with E-state index in [1.807, 2.05) is 36.4 Å². The zero-order valence-corrected chi connectivity index (χ0v) is 20.8. The predicted octanol–water partition coefficient (Wildman–Crippen LogP) is 4.47. The number of hydrazone groups is 1. The maximum absolute atomic E-state index is 11.6. The third-order valence-corrected chi connectivity index (χ3v) is 5.83. The maximum atomic E-state index is 11.6. The summed E-state index contributed by atoms with van der Waals surface area (Å²) < 4.78 is 16.3. The van der Waals surface area contributed by atoms with Crippen LogP contribution in [0.3, 0.4) is 0 Å². The number of aryl methyl sites for hydroxylation is 2. The second-order valence-electron chi connectivity index (χ2n) is 8.57. The molecule has 1 aliphatic heterocycles. The van der Waals surface area contributed by atoms with Gasteiger partial charge >= 0.3 is 5.97 Å². The van der Waals surface area contributed by atoms with Crippen LogP contribution in [-0.4, -0.2) is 57.2 Å². The van der Waals surface area contributed by atoms with E-state index in [1.165, 1.54) is 12.7 Å². The van der Waals surface area contributed by atoms with Crippen LogP contribution in [-0.2, 0) is 15.9 Å². The summed E-state index contributed by atoms with van der Waals surface area (Å²) in [5.41, 5.74) is 7.95. The molecule has 0 aliphatic carbocycles. The lowest BCUT2D eigenvalue weighted by atomic mass is 10.1. The maximum Gasteiger partial charge on any atom is 0.337 e. The average molecular weight is 489 g/mol. The minimum Gasteiger partial charge on any atom is -0.478 e. The van der Waals surface area contributed by atoms with Crippen molar-refractivity contribution >= 4 is 23.7 Å². The number of methoxy groups -OCH3 is 1. The molecule has 8 heteroatoms. The Morgan fingerprint density at radius 1 is 1.14 bits per heavy atom. The van der Waals surface area contributed by atoms with Crippen molar-refractivity contribution in [1.82, 2.24) is 4.98 Å². The molecule has 2 aromatic carbocycles. The molecule has 4 rings (SSSR count). The molecule has 36 heavy (non-hydrogen) atoms. The smallest absolute Gasteiger partial charge is 0.337 e. The Balaban J connectivity index is 1.38. The summed E-state index contributed by atoms with van der Waals surface area (Å²) in [6.07, 6.45) is 3.42. The number of rotatable bonds is 10. The monoisotopic (exact) mass is 488 g/mol. The molecule has 1 aromatic heterocycles. The molecule has 1 saturated heterocycles. The Morgan fingerprint density at radius 3 is 2.69 bits per heavy atom. The van der Waals surface area contributed by atoms with Gasteiger partial charge in [-0.05, 0) is 43.0 Å². The average Bonchev–Trinajstić information content (AvgIpc) is 2.91. The molecule has 0 amide bonds. The first-order valence-electron chi connectivity index (χ1n) is 12.1. The first kappa shape index (κ1) is 25.2. The molecular formula is C28H32N4O4. The molecule has 2 heterocycles.